The molecule has 0 saturated heterocycles. The second-order valence-electron chi connectivity index (χ2n) is 4.14. The van der Waals surface area contributed by atoms with E-state index in [2.05, 4.69) is 10.3 Å². The van der Waals surface area contributed by atoms with Gasteiger partial charge in [-0.15, -0.1) is 0 Å². The zero-order valence-electron chi connectivity index (χ0n) is 10.3. The number of carbonyl (C=O) groups is 1. The summed E-state index contributed by atoms with van der Waals surface area (Å²) < 4.78 is 0. The van der Waals surface area contributed by atoms with Gasteiger partial charge in [-0.2, -0.15) is 0 Å². The summed E-state index contributed by atoms with van der Waals surface area (Å²) in [6, 6.07) is 4.08. The van der Waals surface area contributed by atoms with Gasteiger partial charge in [0.25, 0.3) is 5.91 Å². The Morgan fingerprint density at radius 3 is 2.40 bits per heavy atom. The Morgan fingerprint density at radius 2 is 1.85 bits per heavy atom. The first-order valence-corrected chi connectivity index (χ1v) is 6.33. The molecule has 0 aliphatic carbocycles. The molecular weight excluding hydrogens is 303 g/mol. The highest BCUT2D eigenvalue weighted by Gasteiger charge is 2.12. The number of nitrogens with one attached hydrogen (secondary N) is 2. The van der Waals surface area contributed by atoms with E-state index in [9.17, 15) is 14.7 Å². The van der Waals surface area contributed by atoms with Gasteiger partial charge in [0.2, 0.25) is 5.56 Å². The number of aromatic amines is 1. The number of phenolic OH excluding ortho intramolecular Hbond substituents is 1. The summed E-state index contributed by atoms with van der Waals surface area (Å²) in [6.07, 6.45) is 1.33. The van der Waals surface area contributed by atoms with E-state index in [1.54, 1.807) is 6.92 Å². The van der Waals surface area contributed by atoms with Gasteiger partial charge in [-0.25, -0.2) is 0 Å². The third kappa shape index (κ3) is 2.95. The minimum Gasteiger partial charge on any atom is -0.505 e. The van der Waals surface area contributed by atoms with Gasteiger partial charge < -0.3 is 15.4 Å². The van der Waals surface area contributed by atoms with Crippen molar-refractivity contribution in [1.29, 1.82) is 0 Å². The fraction of sp³-hybridized carbons (Fsp3) is 0.0769. The molecule has 1 amide bonds. The lowest BCUT2D eigenvalue weighted by Gasteiger charge is -2.09. The molecule has 0 aliphatic heterocycles. The fourth-order valence-electron chi connectivity index (χ4n) is 1.65. The summed E-state index contributed by atoms with van der Waals surface area (Å²) in [6.45, 7) is 1.65. The topological polar surface area (TPSA) is 82.2 Å². The lowest BCUT2D eigenvalue weighted by molar-refractivity contribution is 0.102. The number of hydrogen-bond acceptors (Lipinski definition) is 3. The van der Waals surface area contributed by atoms with Crippen LogP contribution < -0.4 is 10.9 Å². The maximum Gasteiger partial charge on any atom is 0.257 e. The van der Waals surface area contributed by atoms with Crippen LogP contribution in [0.1, 0.15) is 15.9 Å². The minimum atomic E-state index is -0.420. The normalized spacial score (nSPS) is 10.3. The number of carbonyl (C=O) groups excluding carboxylic acids is 1. The van der Waals surface area contributed by atoms with Gasteiger partial charge in [0.1, 0.15) is 0 Å². The zero-order chi connectivity index (χ0) is 14.9. The number of rotatable bonds is 2. The van der Waals surface area contributed by atoms with Crippen molar-refractivity contribution in [2.75, 3.05) is 5.32 Å². The van der Waals surface area contributed by atoms with Gasteiger partial charge in [0.05, 0.1) is 15.6 Å². The lowest BCUT2D eigenvalue weighted by atomic mass is 10.1. The molecule has 0 atom stereocenters. The number of pyridine rings is 1. The first kappa shape index (κ1) is 14.4. The Kier molecular flexibility index (Phi) is 4.01. The maximum atomic E-state index is 12.1. The number of aryl methyl sites for hydroxylation is 1. The molecule has 0 radical (unpaired) electrons. The van der Waals surface area contributed by atoms with Crippen LogP contribution in [0.4, 0.5) is 5.69 Å². The summed E-state index contributed by atoms with van der Waals surface area (Å²) in [4.78, 5) is 25.6. The molecule has 0 bridgehead atoms. The van der Waals surface area contributed by atoms with Crippen LogP contribution in [0.2, 0.25) is 10.0 Å². The first-order chi connectivity index (χ1) is 9.38. The Balaban J connectivity index is 2.30. The molecule has 7 heteroatoms. The number of anilines is 1. The Labute approximate surface area is 124 Å². The van der Waals surface area contributed by atoms with Crippen molar-refractivity contribution in [2.24, 2.45) is 0 Å². The smallest absolute Gasteiger partial charge is 0.257 e. The van der Waals surface area contributed by atoms with Crippen LogP contribution in [0.3, 0.4) is 0 Å². The molecule has 20 heavy (non-hydrogen) atoms. The van der Waals surface area contributed by atoms with E-state index < -0.39 is 5.91 Å². The van der Waals surface area contributed by atoms with Crippen molar-refractivity contribution in [3.8, 4) is 5.75 Å². The van der Waals surface area contributed by atoms with Crippen molar-refractivity contribution in [3.63, 3.8) is 0 Å². The SMILES string of the molecule is Cc1cc(=O)[nH]cc1C(=O)Nc1cc(Cl)c(O)c(Cl)c1. The molecule has 0 aliphatic rings. The summed E-state index contributed by atoms with van der Waals surface area (Å²) in [5.41, 5.74) is 0.926. The molecule has 0 unspecified atom stereocenters. The molecular formula is C13H10Cl2N2O3. The quantitative estimate of drug-likeness (QED) is 0.746. The summed E-state index contributed by atoms with van der Waals surface area (Å²) in [5.74, 6) is -0.664. The van der Waals surface area contributed by atoms with E-state index in [4.69, 9.17) is 23.2 Å². The standard InChI is InChI=1S/C13H10Cl2N2O3/c1-6-2-11(18)16-5-8(6)13(20)17-7-3-9(14)12(19)10(15)4-7/h2-5,19H,1H3,(H,16,18)(H,17,20). The molecule has 1 heterocycles. The number of H-pyrrole nitrogens is 1. The van der Waals surface area contributed by atoms with Gasteiger partial charge in [0, 0.05) is 18.0 Å². The van der Waals surface area contributed by atoms with E-state index in [-0.39, 0.29) is 21.4 Å². The molecule has 0 saturated carbocycles. The zero-order valence-corrected chi connectivity index (χ0v) is 11.8. The molecule has 2 rings (SSSR count). The van der Waals surface area contributed by atoms with Crippen molar-refractivity contribution >= 4 is 34.8 Å². The van der Waals surface area contributed by atoms with Crippen molar-refractivity contribution in [1.82, 2.24) is 4.98 Å². The molecule has 1 aromatic heterocycles. The van der Waals surface area contributed by atoms with E-state index >= 15 is 0 Å². The number of phenols is 1. The van der Waals surface area contributed by atoms with E-state index in [1.165, 1.54) is 24.4 Å². The minimum absolute atomic E-state index is 0.0333. The average Bonchev–Trinajstić information content (AvgIpc) is 2.35. The van der Waals surface area contributed by atoms with Gasteiger partial charge in [0.15, 0.2) is 5.75 Å². The average molecular weight is 313 g/mol. The third-order valence-corrected chi connectivity index (χ3v) is 3.23. The summed E-state index contributed by atoms with van der Waals surface area (Å²) in [5, 5.41) is 12.1. The molecule has 0 spiro atoms. The van der Waals surface area contributed by atoms with E-state index in [1.807, 2.05) is 0 Å². The maximum absolute atomic E-state index is 12.1. The number of hydrogen-bond donors (Lipinski definition) is 3. The first-order valence-electron chi connectivity index (χ1n) is 5.57. The van der Waals surface area contributed by atoms with Crippen LogP contribution in [0.25, 0.3) is 0 Å². The second-order valence-corrected chi connectivity index (χ2v) is 4.95. The predicted molar refractivity (Wildman–Crippen MR) is 77.9 cm³/mol. The van der Waals surface area contributed by atoms with Crippen LogP contribution in [-0.4, -0.2) is 16.0 Å². The summed E-state index contributed by atoms with van der Waals surface area (Å²) in [7, 11) is 0. The largest absolute Gasteiger partial charge is 0.505 e. The van der Waals surface area contributed by atoms with Crippen LogP contribution in [0, 0.1) is 6.92 Å². The lowest BCUT2D eigenvalue weighted by Crippen LogP contribution is -2.16. The molecule has 5 nitrogen and oxygen atoms in total. The van der Waals surface area contributed by atoms with Crippen LogP contribution in [-0.2, 0) is 0 Å². The van der Waals surface area contributed by atoms with Gasteiger partial charge in [-0.3, -0.25) is 9.59 Å². The van der Waals surface area contributed by atoms with E-state index in [0.717, 1.165) is 0 Å². The van der Waals surface area contributed by atoms with Gasteiger partial charge in [-0.1, -0.05) is 23.2 Å². The van der Waals surface area contributed by atoms with Crippen molar-refractivity contribution in [2.45, 2.75) is 6.92 Å². The highest BCUT2D eigenvalue weighted by Crippen LogP contribution is 2.34. The molecule has 0 fully saturated rings. The Bertz CT molecular complexity index is 718. The number of aromatic hydroxyl groups is 1. The van der Waals surface area contributed by atoms with Gasteiger partial charge in [-0.05, 0) is 24.6 Å². The Morgan fingerprint density at radius 1 is 1.25 bits per heavy atom. The highest BCUT2D eigenvalue weighted by molar-refractivity contribution is 6.37. The van der Waals surface area contributed by atoms with Crippen LogP contribution >= 0.6 is 23.2 Å². The molecule has 2 aromatic rings. The number of aromatic nitrogens is 1. The molecule has 3 N–H and O–H groups in total. The van der Waals surface area contributed by atoms with Crippen molar-refractivity contribution < 1.29 is 9.90 Å². The third-order valence-electron chi connectivity index (χ3n) is 2.65. The van der Waals surface area contributed by atoms with Crippen LogP contribution in [0.5, 0.6) is 5.75 Å². The summed E-state index contributed by atoms with van der Waals surface area (Å²) >= 11 is 11.5. The predicted octanol–water partition coefficient (Wildman–Crippen LogP) is 2.95. The monoisotopic (exact) mass is 312 g/mol. The highest BCUT2D eigenvalue weighted by atomic mass is 35.5. The van der Waals surface area contributed by atoms with Crippen LogP contribution in [0.15, 0.2) is 29.2 Å². The van der Waals surface area contributed by atoms with Crippen molar-refractivity contribution in [3.05, 3.63) is 55.9 Å². The molecule has 104 valence electrons. The number of amides is 1. The number of benzene rings is 1. The van der Waals surface area contributed by atoms with E-state index in [0.29, 0.717) is 16.8 Å². The number of halogens is 2. The fourth-order valence-corrected chi connectivity index (χ4v) is 2.14. The van der Waals surface area contributed by atoms with Gasteiger partial charge >= 0.3 is 0 Å². The second kappa shape index (κ2) is 5.56. The molecule has 1 aromatic carbocycles. The Hall–Kier alpha value is -1.98.